The van der Waals surface area contributed by atoms with Crippen LogP contribution in [0, 0.1) is 13.8 Å². The smallest absolute Gasteiger partial charge is 0.241 e. The van der Waals surface area contributed by atoms with Gasteiger partial charge in [0.15, 0.2) is 0 Å². The lowest BCUT2D eigenvalue weighted by molar-refractivity contribution is -0.119. The Kier molecular flexibility index (Phi) is 7.23. The van der Waals surface area contributed by atoms with E-state index in [9.17, 15) is 13.2 Å². The zero-order valence-electron chi connectivity index (χ0n) is 18.8. The summed E-state index contributed by atoms with van der Waals surface area (Å²) in [6.07, 6.45) is 1.12. The molecule has 1 N–H and O–H groups in total. The minimum atomic E-state index is -3.59. The van der Waals surface area contributed by atoms with E-state index in [2.05, 4.69) is 34.3 Å². The minimum absolute atomic E-state index is 0.248. The van der Waals surface area contributed by atoms with Crippen molar-refractivity contribution in [1.82, 2.24) is 10.2 Å². The van der Waals surface area contributed by atoms with Gasteiger partial charge >= 0.3 is 0 Å². The molecule has 1 fully saturated rings. The number of hydrogen-bond donors (Lipinski definition) is 1. The first-order valence-corrected chi connectivity index (χ1v) is 12.3. The Morgan fingerprint density at radius 3 is 2.29 bits per heavy atom. The number of sulfonamides is 1. The van der Waals surface area contributed by atoms with Gasteiger partial charge in [0.05, 0.1) is 11.9 Å². The summed E-state index contributed by atoms with van der Waals surface area (Å²) in [4.78, 5) is 17.2. The van der Waals surface area contributed by atoms with Gasteiger partial charge in [0.2, 0.25) is 15.9 Å². The Morgan fingerprint density at radius 2 is 1.68 bits per heavy atom. The van der Waals surface area contributed by atoms with Gasteiger partial charge in [0.25, 0.3) is 0 Å². The Balaban J connectivity index is 1.61. The number of piperazine rings is 1. The number of carbonyl (C=O) groups excluding carboxylic acids is 1. The second kappa shape index (κ2) is 9.70. The number of carbonyl (C=O) groups is 1. The molecule has 0 saturated carbocycles. The van der Waals surface area contributed by atoms with E-state index in [1.54, 1.807) is 12.1 Å². The first-order valence-electron chi connectivity index (χ1n) is 10.5. The highest BCUT2D eigenvalue weighted by Crippen LogP contribution is 2.24. The van der Waals surface area contributed by atoms with Crippen LogP contribution in [0.4, 0.5) is 11.4 Å². The SMILES string of the molecule is Cc1cccc(N(CC(=O)NCc2ccc(N3CCN(C)CC3)cc2)S(C)(=O)=O)c1C. The molecule has 0 bridgehead atoms. The van der Waals surface area contributed by atoms with Crippen molar-refractivity contribution >= 4 is 27.3 Å². The quantitative estimate of drug-likeness (QED) is 0.708. The molecule has 0 aliphatic carbocycles. The maximum absolute atomic E-state index is 12.6. The molecule has 2 aromatic rings. The molecular formula is C23H32N4O3S. The Morgan fingerprint density at radius 1 is 1.03 bits per heavy atom. The van der Waals surface area contributed by atoms with Crippen LogP contribution >= 0.6 is 0 Å². The topological polar surface area (TPSA) is 73.0 Å². The standard InChI is InChI=1S/C23H32N4O3S/c1-18-6-5-7-22(19(18)2)27(31(4,29)30)17-23(28)24-16-20-8-10-21(11-9-20)26-14-12-25(3)13-15-26/h5-11H,12-17H2,1-4H3,(H,24,28). The highest BCUT2D eigenvalue weighted by atomic mass is 32.2. The molecule has 1 aliphatic rings. The first kappa shape index (κ1) is 23.1. The monoisotopic (exact) mass is 444 g/mol. The number of nitrogens with zero attached hydrogens (tertiary/aromatic N) is 3. The second-order valence-corrected chi connectivity index (χ2v) is 10.1. The van der Waals surface area contributed by atoms with Crippen molar-refractivity contribution in [1.29, 1.82) is 0 Å². The molecule has 3 rings (SSSR count). The third-order valence-corrected chi connectivity index (χ3v) is 6.95. The van der Waals surface area contributed by atoms with E-state index in [4.69, 9.17) is 0 Å². The summed E-state index contributed by atoms with van der Waals surface area (Å²) in [7, 11) is -1.46. The number of anilines is 2. The van der Waals surface area contributed by atoms with E-state index in [-0.39, 0.29) is 12.5 Å². The van der Waals surface area contributed by atoms with Gasteiger partial charge in [-0.3, -0.25) is 9.10 Å². The molecule has 0 atom stereocenters. The number of nitrogens with one attached hydrogen (secondary N) is 1. The zero-order valence-corrected chi connectivity index (χ0v) is 19.6. The molecule has 0 unspecified atom stereocenters. The van der Waals surface area contributed by atoms with Gasteiger partial charge in [0, 0.05) is 38.4 Å². The number of likely N-dealkylation sites (N-methyl/N-ethyl adjacent to an activating group) is 1. The van der Waals surface area contributed by atoms with Gasteiger partial charge in [0.1, 0.15) is 6.54 Å². The van der Waals surface area contributed by atoms with E-state index in [0.29, 0.717) is 12.2 Å². The number of benzene rings is 2. The van der Waals surface area contributed by atoms with Crippen LogP contribution in [0.25, 0.3) is 0 Å². The molecule has 1 amide bonds. The normalized spacial score (nSPS) is 15.0. The van der Waals surface area contributed by atoms with Gasteiger partial charge in [-0.1, -0.05) is 24.3 Å². The van der Waals surface area contributed by atoms with E-state index in [1.807, 2.05) is 32.0 Å². The molecular weight excluding hydrogens is 412 g/mol. The zero-order chi connectivity index (χ0) is 22.6. The minimum Gasteiger partial charge on any atom is -0.369 e. The van der Waals surface area contributed by atoms with Gasteiger partial charge in [-0.15, -0.1) is 0 Å². The number of rotatable bonds is 7. The van der Waals surface area contributed by atoms with Crippen LogP contribution in [-0.2, 0) is 21.4 Å². The fourth-order valence-corrected chi connectivity index (χ4v) is 4.57. The lowest BCUT2D eigenvalue weighted by Gasteiger charge is -2.34. The predicted molar refractivity (Wildman–Crippen MR) is 126 cm³/mol. The summed E-state index contributed by atoms with van der Waals surface area (Å²) in [5.74, 6) is -0.338. The lowest BCUT2D eigenvalue weighted by Crippen LogP contribution is -2.44. The maximum Gasteiger partial charge on any atom is 0.241 e. The molecule has 0 aromatic heterocycles. The highest BCUT2D eigenvalue weighted by Gasteiger charge is 2.22. The average Bonchev–Trinajstić information content (AvgIpc) is 2.73. The van der Waals surface area contributed by atoms with Crippen LogP contribution in [0.1, 0.15) is 16.7 Å². The third-order valence-electron chi connectivity index (χ3n) is 5.83. The fourth-order valence-electron chi connectivity index (χ4n) is 3.66. The number of hydrogen-bond acceptors (Lipinski definition) is 5. The van der Waals surface area contributed by atoms with Crippen LogP contribution in [0.5, 0.6) is 0 Å². The summed E-state index contributed by atoms with van der Waals surface area (Å²) in [6.45, 7) is 8.01. The Labute approximate surface area is 185 Å². The summed E-state index contributed by atoms with van der Waals surface area (Å²) in [5.41, 5.74) is 4.52. The molecule has 1 heterocycles. The summed E-state index contributed by atoms with van der Waals surface area (Å²) >= 11 is 0. The molecule has 0 radical (unpaired) electrons. The first-order chi connectivity index (χ1) is 14.6. The highest BCUT2D eigenvalue weighted by molar-refractivity contribution is 7.92. The van der Waals surface area contributed by atoms with Crippen molar-refractivity contribution < 1.29 is 13.2 Å². The summed E-state index contributed by atoms with van der Waals surface area (Å²) < 4.78 is 25.9. The van der Waals surface area contributed by atoms with Crippen molar-refractivity contribution in [3.8, 4) is 0 Å². The lowest BCUT2D eigenvalue weighted by atomic mass is 10.1. The van der Waals surface area contributed by atoms with Gasteiger partial charge in [-0.25, -0.2) is 8.42 Å². The molecule has 8 heteroatoms. The molecule has 1 aliphatic heterocycles. The fraction of sp³-hybridized carbons (Fsp3) is 0.435. The van der Waals surface area contributed by atoms with Crippen LogP contribution in [0.15, 0.2) is 42.5 Å². The molecule has 168 valence electrons. The Bertz CT molecular complexity index is 1010. The van der Waals surface area contributed by atoms with E-state index in [0.717, 1.165) is 49.1 Å². The van der Waals surface area contributed by atoms with Crippen LogP contribution in [0.2, 0.25) is 0 Å². The average molecular weight is 445 g/mol. The van der Waals surface area contributed by atoms with E-state index >= 15 is 0 Å². The Hall–Kier alpha value is -2.58. The number of aryl methyl sites for hydroxylation is 1. The molecule has 7 nitrogen and oxygen atoms in total. The summed E-state index contributed by atoms with van der Waals surface area (Å²) in [5, 5.41) is 2.84. The molecule has 1 saturated heterocycles. The largest absolute Gasteiger partial charge is 0.369 e. The van der Waals surface area contributed by atoms with E-state index in [1.165, 1.54) is 9.99 Å². The van der Waals surface area contributed by atoms with Crippen molar-refractivity contribution in [2.75, 3.05) is 55.2 Å². The third kappa shape index (κ3) is 5.98. The van der Waals surface area contributed by atoms with Crippen molar-refractivity contribution in [3.63, 3.8) is 0 Å². The van der Waals surface area contributed by atoms with Crippen LogP contribution in [-0.4, -0.2) is 65.3 Å². The molecule has 31 heavy (non-hydrogen) atoms. The summed E-state index contributed by atoms with van der Waals surface area (Å²) in [6, 6.07) is 13.6. The van der Waals surface area contributed by atoms with Crippen LogP contribution < -0.4 is 14.5 Å². The van der Waals surface area contributed by atoms with Crippen molar-refractivity contribution in [3.05, 3.63) is 59.2 Å². The number of amides is 1. The van der Waals surface area contributed by atoms with Crippen LogP contribution in [0.3, 0.4) is 0 Å². The molecule has 0 spiro atoms. The predicted octanol–water partition coefficient (Wildman–Crippen LogP) is 2.14. The van der Waals surface area contributed by atoms with Crippen molar-refractivity contribution in [2.24, 2.45) is 0 Å². The van der Waals surface area contributed by atoms with E-state index < -0.39 is 10.0 Å². The van der Waals surface area contributed by atoms with Gasteiger partial charge in [-0.2, -0.15) is 0 Å². The molecule has 2 aromatic carbocycles. The maximum atomic E-state index is 12.6. The van der Waals surface area contributed by atoms with Crippen molar-refractivity contribution in [2.45, 2.75) is 20.4 Å². The second-order valence-electron chi connectivity index (χ2n) is 8.22. The van der Waals surface area contributed by atoms with Gasteiger partial charge in [-0.05, 0) is 55.8 Å². The van der Waals surface area contributed by atoms with Gasteiger partial charge < -0.3 is 15.1 Å².